The highest BCUT2D eigenvalue weighted by molar-refractivity contribution is 5.98. The summed E-state index contributed by atoms with van der Waals surface area (Å²) < 4.78 is 18.8. The van der Waals surface area contributed by atoms with Crippen LogP contribution >= 0.6 is 0 Å². The molecule has 0 fully saturated rings. The smallest absolute Gasteiger partial charge is 0.340 e. The van der Waals surface area contributed by atoms with Crippen molar-refractivity contribution in [1.29, 1.82) is 0 Å². The first-order chi connectivity index (χ1) is 18.9. The molecule has 4 nitrogen and oxygen atoms in total. The van der Waals surface area contributed by atoms with Gasteiger partial charge in [0, 0.05) is 29.8 Å². The van der Waals surface area contributed by atoms with E-state index < -0.39 is 11.8 Å². The Hall–Kier alpha value is -3.91. The van der Waals surface area contributed by atoms with Crippen molar-refractivity contribution in [3.05, 3.63) is 106 Å². The first-order valence-corrected chi connectivity index (χ1v) is 13.8. The molecule has 0 saturated heterocycles. The van der Waals surface area contributed by atoms with Crippen LogP contribution in [-0.2, 0) is 17.7 Å². The van der Waals surface area contributed by atoms with Gasteiger partial charge in [-0.25, -0.2) is 9.18 Å². The molecule has 0 aliphatic rings. The summed E-state index contributed by atoms with van der Waals surface area (Å²) in [5.74, 6) is 4.68. The Morgan fingerprint density at radius 3 is 2.00 bits per heavy atom. The summed E-state index contributed by atoms with van der Waals surface area (Å²) >= 11 is 0. The number of halogens is 1. The van der Waals surface area contributed by atoms with Gasteiger partial charge in [-0.3, -0.25) is 4.79 Å². The van der Waals surface area contributed by atoms with Crippen molar-refractivity contribution < 1.29 is 18.7 Å². The Morgan fingerprint density at radius 2 is 1.41 bits per heavy atom. The predicted molar refractivity (Wildman–Crippen MR) is 154 cm³/mol. The Morgan fingerprint density at radius 1 is 0.795 bits per heavy atom. The molecule has 0 saturated carbocycles. The van der Waals surface area contributed by atoms with E-state index in [1.165, 1.54) is 37.6 Å². The minimum Gasteiger partial charge on any atom is -0.465 e. The average molecular weight is 528 g/mol. The van der Waals surface area contributed by atoms with Gasteiger partial charge in [0.2, 0.25) is 0 Å². The third-order valence-electron chi connectivity index (χ3n) is 6.64. The van der Waals surface area contributed by atoms with Crippen LogP contribution in [0.2, 0.25) is 0 Å². The van der Waals surface area contributed by atoms with Crippen LogP contribution in [0.15, 0.2) is 66.7 Å². The summed E-state index contributed by atoms with van der Waals surface area (Å²) in [5, 5.41) is 0. The number of esters is 1. The Labute approximate surface area is 232 Å². The zero-order valence-corrected chi connectivity index (χ0v) is 23.3. The van der Waals surface area contributed by atoms with Gasteiger partial charge in [0.25, 0.3) is 5.91 Å². The zero-order chi connectivity index (χ0) is 28.0. The second kappa shape index (κ2) is 15.5. The highest BCUT2D eigenvalue weighted by Gasteiger charge is 2.20. The van der Waals surface area contributed by atoms with Crippen molar-refractivity contribution in [2.75, 3.05) is 13.7 Å². The highest BCUT2D eigenvalue weighted by atomic mass is 19.1. The van der Waals surface area contributed by atoms with Gasteiger partial charge in [0.05, 0.1) is 12.7 Å². The van der Waals surface area contributed by atoms with Crippen molar-refractivity contribution in [2.45, 2.75) is 65.3 Å². The molecule has 0 aliphatic carbocycles. The van der Waals surface area contributed by atoms with Gasteiger partial charge in [-0.15, -0.1) is 0 Å². The fourth-order valence-corrected chi connectivity index (χ4v) is 4.28. The summed E-state index contributed by atoms with van der Waals surface area (Å²) in [7, 11) is 1.19. The molecule has 0 aliphatic heterocycles. The third kappa shape index (κ3) is 9.11. The molecule has 3 aromatic carbocycles. The lowest BCUT2D eigenvalue weighted by Crippen LogP contribution is -2.31. The van der Waals surface area contributed by atoms with Crippen LogP contribution in [0.1, 0.15) is 95.3 Å². The fourth-order valence-electron chi connectivity index (χ4n) is 4.28. The predicted octanol–water partition coefficient (Wildman–Crippen LogP) is 7.58. The minimum absolute atomic E-state index is 0.243. The Balaban J connectivity index is 1.73. The second-order valence-corrected chi connectivity index (χ2v) is 9.72. The number of rotatable bonds is 12. The maximum Gasteiger partial charge on any atom is 0.340 e. The van der Waals surface area contributed by atoms with Crippen LogP contribution in [-0.4, -0.2) is 30.4 Å². The molecular formula is C34H38FNO3. The molecule has 1 amide bonds. The van der Waals surface area contributed by atoms with Gasteiger partial charge in [-0.05, 0) is 72.9 Å². The van der Waals surface area contributed by atoms with E-state index in [4.69, 9.17) is 0 Å². The van der Waals surface area contributed by atoms with Crippen LogP contribution in [0.25, 0.3) is 0 Å². The van der Waals surface area contributed by atoms with Gasteiger partial charge in [-0.1, -0.05) is 75.6 Å². The van der Waals surface area contributed by atoms with E-state index in [1.807, 2.05) is 24.3 Å². The summed E-state index contributed by atoms with van der Waals surface area (Å²) in [5.41, 5.74) is 4.20. The largest absolute Gasteiger partial charge is 0.465 e. The number of aryl methyl sites for hydroxylation is 1. The summed E-state index contributed by atoms with van der Waals surface area (Å²) in [6.07, 6.45) is 7.55. The van der Waals surface area contributed by atoms with Crippen molar-refractivity contribution >= 4 is 11.9 Å². The highest BCUT2D eigenvalue weighted by Crippen LogP contribution is 2.17. The number of hydrogen-bond donors (Lipinski definition) is 0. The van der Waals surface area contributed by atoms with Crippen LogP contribution in [0.4, 0.5) is 4.39 Å². The van der Waals surface area contributed by atoms with E-state index in [-0.39, 0.29) is 17.0 Å². The number of carbonyl (C=O) groups excluding carboxylic acids is 2. The number of carbonyl (C=O) groups is 2. The standard InChI is InChI=1S/C34H38FNO3/c1-4-6-8-9-23-36(33(37)30-21-22-32(35)31(24-30)34(38)39-3)25-29-19-17-28(18-20-29)16-15-27-13-11-26(12-14-27)10-7-5-2/h11-14,17-22,24H,4-10,23,25H2,1-3H3. The van der Waals surface area contributed by atoms with E-state index in [1.54, 1.807) is 4.90 Å². The van der Waals surface area contributed by atoms with Crippen LogP contribution in [0.3, 0.4) is 0 Å². The monoisotopic (exact) mass is 527 g/mol. The van der Waals surface area contributed by atoms with E-state index >= 15 is 0 Å². The fraction of sp³-hybridized carbons (Fsp3) is 0.353. The van der Waals surface area contributed by atoms with Gasteiger partial charge in [0.1, 0.15) is 5.82 Å². The number of benzene rings is 3. The molecule has 39 heavy (non-hydrogen) atoms. The Kier molecular flexibility index (Phi) is 11.8. The molecule has 3 aromatic rings. The molecule has 0 heterocycles. The molecule has 204 valence electrons. The first-order valence-electron chi connectivity index (χ1n) is 13.8. The van der Waals surface area contributed by atoms with Gasteiger partial charge < -0.3 is 9.64 Å². The van der Waals surface area contributed by atoms with E-state index in [2.05, 4.69) is 54.7 Å². The van der Waals surface area contributed by atoms with Crippen molar-refractivity contribution in [2.24, 2.45) is 0 Å². The summed E-state index contributed by atoms with van der Waals surface area (Å²) in [4.78, 5) is 27.1. The lowest BCUT2D eigenvalue weighted by Gasteiger charge is -2.23. The van der Waals surface area contributed by atoms with E-state index in [0.29, 0.717) is 13.1 Å². The molecule has 0 spiro atoms. The third-order valence-corrected chi connectivity index (χ3v) is 6.64. The average Bonchev–Trinajstić information content (AvgIpc) is 2.97. The number of nitrogens with zero attached hydrogens (tertiary/aromatic N) is 1. The molecule has 0 bridgehead atoms. The summed E-state index contributed by atoms with van der Waals surface area (Å²) in [6, 6.07) is 20.1. The molecule has 0 aromatic heterocycles. The molecular weight excluding hydrogens is 489 g/mol. The van der Waals surface area contributed by atoms with Gasteiger partial charge >= 0.3 is 5.97 Å². The van der Waals surface area contributed by atoms with Gasteiger partial charge in [0.15, 0.2) is 0 Å². The molecule has 3 rings (SSSR count). The van der Waals surface area contributed by atoms with Crippen molar-refractivity contribution in [3.63, 3.8) is 0 Å². The second-order valence-electron chi connectivity index (χ2n) is 9.72. The number of hydrogen-bond acceptors (Lipinski definition) is 3. The molecule has 5 heteroatoms. The molecule has 0 unspecified atom stereocenters. The lowest BCUT2D eigenvalue weighted by molar-refractivity contribution is 0.0595. The van der Waals surface area contributed by atoms with Crippen molar-refractivity contribution in [1.82, 2.24) is 4.90 Å². The quantitative estimate of drug-likeness (QED) is 0.139. The maximum atomic E-state index is 14.1. The number of unbranched alkanes of at least 4 members (excludes halogenated alkanes) is 4. The lowest BCUT2D eigenvalue weighted by atomic mass is 10.1. The number of amides is 1. The molecule has 0 N–H and O–H groups in total. The normalized spacial score (nSPS) is 10.5. The first kappa shape index (κ1) is 29.6. The maximum absolute atomic E-state index is 14.1. The minimum atomic E-state index is -0.805. The van der Waals surface area contributed by atoms with Gasteiger partial charge in [-0.2, -0.15) is 0 Å². The molecule has 0 atom stereocenters. The van der Waals surface area contributed by atoms with E-state index in [9.17, 15) is 14.0 Å². The molecule has 0 radical (unpaired) electrons. The Bertz CT molecular complexity index is 1290. The topological polar surface area (TPSA) is 46.6 Å². The van der Waals surface area contributed by atoms with Crippen molar-refractivity contribution in [3.8, 4) is 11.8 Å². The van der Waals surface area contributed by atoms with Crippen LogP contribution in [0.5, 0.6) is 0 Å². The van der Waals surface area contributed by atoms with Crippen LogP contribution < -0.4 is 0 Å². The van der Waals surface area contributed by atoms with Crippen LogP contribution in [0, 0.1) is 17.7 Å². The zero-order valence-electron chi connectivity index (χ0n) is 23.3. The van der Waals surface area contributed by atoms with E-state index in [0.717, 1.165) is 54.9 Å². The summed E-state index contributed by atoms with van der Waals surface area (Å²) in [6.45, 7) is 5.31. The number of methoxy groups -OCH3 is 1. The SMILES string of the molecule is CCCCCCN(Cc1ccc(C#Cc2ccc(CCCC)cc2)cc1)C(=O)c1ccc(F)c(C(=O)OC)c1. The number of ether oxygens (including phenoxy) is 1.